The molecule has 2 aromatic rings. The quantitative estimate of drug-likeness (QED) is 0.852. The first-order valence-electron chi connectivity index (χ1n) is 7.61. The number of hydrogen-bond donors (Lipinski definition) is 2. The molecule has 112 valence electrons. The molecule has 1 aromatic carbocycles. The van der Waals surface area contributed by atoms with Gasteiger partial charge >= 0.3 is 0 Å². The van der Waals surface area contributed by atoms with Crippen LogP contribution in [-0.2, 0) is 6.42 Å². The van der Waals surface area contributed by atoms with Gasteiger partial charge in [0.1, 0.15) is 5.82 Å². The Morgan fingerprint density at radius 1 is 1.19 bits per heavy atom. The van der Waals surface area contributed by atoms with E-state index in [1.807, 2.05) is 6.07 Å². The van der Waals surface area contributed by atoms with Crippen molar-refractivity contribution in [2.75, 3.05) is 12.3 Å². The molecule has 21 heavy (non-hydrogen) atoms. The Hall–Kier alpha value is -1.87. The van der Waals surface area contributed by atoms with Crippen molar-refractivity contribution in [3.63, 3.8) is 0 Å². The van der Waals surface area contributed by atoms with Crippen molar-refractivity contribution in [3.05, 3.63) is 58.8 Å². The van der Waals surface area contributed by atoms with Gasteiger partial charge in [-0.05, 0) is 56.0 Å². The highest BCUT2D eigenvalue weighted by atomic mass is 14.9. The summed E-state index contributed by atoms with van der Waals surface area (Å²) in [5, 5.41) is 3.59. The zero-order chi connectivity index (χ0) is 15.2. The summed E-state index contributed by atoms with van der Waals surface area (Å²) in [6.07, 6.45) is 3.77. The van der Waals surface area contributed by atoms with E-state index in [1.54, 1.807) is 6.20 Å². The lowest BCUT2D eigenvalue weighted by molar-refractivity contribution is 0.529. The van der Waals surface area contributed by atoms with Crippen LogP contribution in [0.3, 0.4) is 0 Å². The number of pyridine rings is 1. The highest BCUT2D eigenvalue weighted by molar-refractivity contribution is 5.42. The summed E-state index contributed by atoms with van der Waals surface area (Å²) in [5.41, 5.74) is 11.1. The zero-order valence-electron chi connectivity index (χ0n) is 13.2. The molecule has 0 aliphatic carbocycles. The van der Waals surface area contributed by atoms with E-state index in [9.17, 15) is 0 Å². The standard InChI is InChI=1S/C18H25N3/c1-4-9-20-17(16-6-5-10-21-18(16)19)12-15-8-7-13(2)14(3)11-15/h5-8,10-11,17,20H,4,9,12H2,1-3H3,(H2,19,21). The van der Waals surface area contributed by atoms with E-state index in [-0.39, 0.29) is 6.04 Å². The first-order chi connectivity index (χ1) is 10.1. The number of rotatable bonds is 6. The van der Waals surface area contributed by atoms with Crippen LogP contribution in [0.15, 0.2) is 36.5 Å². The van der Waals surface area contributed by atoms with Gasteiger partial charge in [0.25, 0.3) is 0 Å². The number of nitrogen functional groups attached to an aromatic ring is 1. The molecule has 1 aromatic heterocycles. The van der Waals surface area contributed by atoms with Crippen LogP contribution < -0.4 is 11.1 Å². The second kappa shape index (κ2) is 7.23. The molecule has 0 aliphatic rings. The fraction of sp³-hybridized carbons (Fsp3) is 0.389. The Kier molecular flexibility index (Phi) is 5.34. The third-order valence-electron chi connectivity index (χ3n) is 3.90. The van der Waals surface area contributed by atoms with Crippen LogP contribution in [0.4, 0.5) is 5.82 Å². The maximum absolute atomic E-state index is 6.05. The minimum absolute atomic E-state index is 0.209. The van der Waals surface area contributed by atoms with Crippen LogP contribution in [0.5, 0.6) is 0 Å². The molecule has 1 atom stereocenters. The molecule has 2 rings (SSSR count). The molecule has 0 saturated carbocycles. The molecule has 3 heteroatoms. The predicted molar refractivity (Wildman–Crippen MR) is 89.3 cm³/mol. The summed E-state index contributed by atoms with van der Waals surface area (Å²) in [6, 6.07) is 10.9. The Labute approximate surface area is 127 Å². The second-order valence-electron chi connectivity index (χ2n) is 5.61. The van der Waals surface area contributed by atoms with E-state index in [4.69, 9.17) is 5.73 Å². The Morgan fingerprint density at radius 2 is 2.00 bits per heavy atom. The van der Waals surface area contributed by atoms with E-state index in [1.165, 1.54) is 16.7 Å². The number of aryl methyl sites for hydroxylation is 2. The van der Waals surface area contributed by atoms with Crippen molar-refractivity contribution < 1.29 is 0 Å². The van der Waals surface area contributed by atoms with Crippen molar-refractivity contribution in [1.29, 1.82) is 0 Å². The van der Waals surface area contributed by atoms with Gasteiger partial charge in [0.05, 0.1) is 0 Å². The topological polar surface area (TPSA) is 50.9 Å². The lowest BCUT2D eigenvalue weighted by atomic mass is 9.96. The lowest BCUT2D eigenvalue weighted by Crippen LogP contribution is -2.25. The minimum atomic E-state index is 0.209. The molecule has 3 nitrogen and oxygen atoms in total. The summed E-state index contributed by atoms with van der Waals surface area (Å²) >= 11 is 0. The van der Waals surface area contributed by atoms with Gasteiger partial charge in [0.2, 0.25) is 0 Å². The second-order valence-corrected chi connectivity index (χ2v) is 5.61. The van der Waals surface area contributed by atoms with Crippen LogP contribution in [0.25, 0.3) is 0 Å². The predicted octanol–water partition coefficient (Wildman–Crippen LogP) is 3.56. The van der Waals surface area contributed by atoms with Crippen LogP contribution >= 0.6 is 0 Å². The molecule has 0 aliphatic heterocycles. The highest BCUT2D eigenvalue weighted by Crippen LogP contribution is 2.23. The summed E-state index contributed by atoms with van der Waals surface area (Å²) in [7, 11) is 0. The van der Waals surface area contributed by atoms with Gasteiger partial charge in [-0.25, -0.2) is 4.98 Å². The largest absolute Gasteiger partial charge is 0.383 e. The number of nitrogens with one attached hydrogen (secondary N) is 1. The molecule has 0 fully saturated rings. The van der Waals surface area contributed by atoms with Gasteiger partial charge in [-0.2, -0.15) is 0 Å². The number of aromatic nitrogens is 1. The fourth-order valence-corrected chi connectivity index (χ4v) is 2.50. The average Bonchev–Trinajstić information content (AvgIpc) is 2.48. The maximum atomic E-state index is 6.05. The SMILES string of the molecule is CCCNC(Cc1ccc(C)c(C)c1)c1cccnc1N. The number of anilines is 1. The zero-order valence-corrected chi connectivity index (χ0v) is 13.2. The summed E-state index contributed by atoms with van der Waals surface area (Å²) < 4.78 is 0. The number of nitrogens with zero attached hydrogens (tertiary/aromatic N) is 1. The average molecular weight is 283 g/mol. The van der Waals surface area contributed by atoms with E-state index in [2.05, 4.69) is 55.3 Å². The molecule has 0 saturated heterocycles. The van der Waals surface area contributed by atoms with Crippen LogP contribution in [0.1, 0.15) is 41.6 Å². The Morgan fingerprint density at radius 3 is 2.67 bits per heavy atom. The van der Waals surface area contributed by atoms with E-state index >= 15 is 0 Å². The smallest absolute Gasteiger partial charge is 0.128 e. The van der Waals surface area contributed by atoms with Gasteiger partial charge < -0.3 is 11.1 Å². The van der Waals surface area contributed by atoms with Gasteiger partial charge in [-0.15, -0.1) is 0 Å². The summed E-state index contributed by atoms with van der Waals surface area (Å²) in [5.74, 6) is 0.620. The maximum Gasteiger partial charge on any atom is 0.128 e. The molecule has 1 heterocycles. The minimum Gasteiger partial charge on any atom is -0.383 e. The van der Waals surface area contributed by atoms with E-state index in [0.29, 0.717) is 5.82 Å². The fourth-order valence-electron chi connectivity index (χ4n) is 2.50. The van der Waals surface area contributed by atoms with Crippen molar-refractivity contribution in [1.82, 2.24) is 10.3 Å². The van der Waals surface area contributed by atoms with Crippen molar-refractivity contribution in [2.24, 2.45) is 0 Å². The number of benzene rings is 1. The normalized spacial score (nSPS) is 12.3. The van der Waals surface area contributed by atoms with Gasteiger partial charge in [0, 0.05) is 17.8 Å². The molecule has 0 radical (unpaired) electrons. The number of nitrogens with two attached hydrogens (primary N) is 1. The summed E-state index contributed by atoms with van der Waals surface area (Å²) in [4.78, 5) is 4.22. The van der Waals surface area contributed by atoms with Crippen molar-refractivity contribution in [3.8, 4) is 0 Å². The third-order valence-corrected chi connectivity index (χ3v) is 3.90. The van der Waals surface area contributed by atoms with Crippen molar-refractivity contribution in [2.45, 2.75) is 39.7 Å². The molecular formula is C18H25N3. The molecule has 0 spiro atoms. The Bertz CT molecular complexity index is 593. The van der Waals surface area contributed by atoms with E-state index < -0.39 is 0 Å². The van der Waals surface area contributed by atoms with Gasteiger partial charge in [-0.1, -0.05) is 31.2 Å². The third kappa shape index (κ3) is 4.05. The van der Waals surface area contributed by atoms with E-state index in [0.717, 1.165) is 24.9 Å². The first-order valence-corrected chi connectivity index (χ1v) is 7.61. The molecule has 0 amide bonds. The van der Waals surface area contributed by atoms with Gasteiger partial charge in [-0.3, -0.25) is 0 Å². The van der Waals surface area contributed by atoms with Crippen LogP contribution in [0.2, 0.25) is 0 Å². The van der Waals surface area contributed by atoms with Crippen molar-refractivity contribution >= 4 is 5.82 Å². The highest BCUT2D eigenvalue weighted by Gasteiger charge is 2.15. The van der Waals surface area contributed by atoms with Gasteiger partial charge in [0.15, 0.2) is 0 Å². The molecule has 1 unspecified atom stereocenters. The molecule has 3 N–H and O–H groups in total. The molecular weight excluding hydrogens is 258 g/mol. The molecule has 0 bridgehead atoms. The van der Waals surface area contributed by atoms with Crippen LogP contribution in [0, 0.1) is 13.8 Å². The Balaban J connectivity index is 2.24. The summed E-state index contributed by atoms with van der Waals surface area (Å²) in [6.45, 7) is 7.45. The monoisotopic (exact) mass is 283 g/mol. The lowest BCUT2D eigenvalue weighted by Gasteiger charge is -2.20. The van der Waals surface area contributed by atoms with Crippen LogP contribution in [-0.4, -0.2) is 11.5 Å². The number of hydrogen-bond acceptors (Lipinski definition) is 3. The first kappa shape index (κ1) is 15.5.